The van der Waals surface area contributed by atoms with Gasteiger partial charge < -0.3 is 15.0 Å². The molecule has 0 spiro atoms. The highest BCUT2D eigenvalue weighted by Crippen LogP contribution is 2.30. The summed E-state index contributed by atoms with van der Waals surface area (Å²) in [4.78, 5) is 40.8. The molecule has 0 saturated heterocycles. The van der Waals surface area contributed by atoms with Gasteiger partial charge in [-0.3, -0.25) is 24.0 Å². The minimum absolute atomic E-state index is 0.0583. The van der Waals surface area contributed by atoms with Crippen LogP contribution >= 0.6 is 0 Å². The standard InChI is InChI=1S/C37H39FN4O7S/c1-26-12-21-33(23-34(26)42(45)46)50(47,48)41(31-17-19-32(49-2)20-18-31)25-36(43)40(24-28-13-15-29(38)16-14-28)35(22-27-8-4-3-5-9-27)37(44)39-30-10-6-7-11-30/h3-5,8-9,12-21,23,30,35H,6-7,10-11,22,24-25H2,1-2H3,(H,39,44)/t35-/m1/s1. The number of hydrogen-bond acceptors (Lipinski definition) is 7. The van der Waals surface area contributed by atoms with Crippen molar-refractivity contribution >= 4 is 33.2 Å². The number of methoxy groups -OCH3 is 1. The van der Waals surface area contributed by atoms with Crippen molar-refractivity contribution in [3.05, 3.63) is 130 Å². The van der Waals surface area contributed by atoms with E-state index < -0.39 is 44.9 Å². The molecule has 11 nitrogen and oxygen atoms in total. The van der Waals surface area contributed by atoms with Crippen LogP contribution in [0.1, 0.15) is 42.4 Å². The number of anilines is 1. The molecule has 0 heterocycles. The van der Waals surface area contributed by atoms with Crippen molar-refractivity contribution in [1.82, 2.24) is 10.2 Å². The number of carbonyl (C=O) groups excluding carboxylic acids is 2. The molecule has 0 aliphatic heterocycles. The molecule has 0 radical (unpaired) electrons. The van der Waals surface area contributed by atoms with E-state index in [0.717, 1.165) is 41.6 Å². The molecule has 13 heteroatoms. The third-order valence-electron chi connectivity index (χ3n) is 8.84. The molecule has 5 rings (SSSR count). The van der Waals surface area contributed by atoms with Crippen LogP contribution in [0.2, 0.25) is 0 Å². The molecule has 1 atom stereocenters. The summed E-state index contributed by atoms with van der Waals surface area (Å²) in [5, 5.41) is 14.8. The lowest BCUT2D eigenvalue weighted by Crippen LogP contribution is -2.54. The second kappa shape index (κ2) is 15.9. The van der Waals surface area contributed by atoms with Gasteiger partial charge in [-0.05, 0) is 73.4 Å². The van der Waals surface area contributed by atoms with Crippen molar-refractivity contribution < 1.29 is 32.1 Å². The zero-order valence-corrected chi connectivity index (χ0v) is 28.6. The molecule has 1 fully saturated rings. The second-order valence-electron chi connectivity index (χ2n) is 12.3. The van der Waals surface area contributed by atoms with Crippen molar-refractivity contribution in [3.8, 4) is 5.75 Å². The van der Waals surface area contributed by atoms with Crippen LogP contribution in [0, 0.1) is 22.9 Å². The van der Waals surface area contributed by atoms with Crippen molar-refractivity contribution in [2.45, 2.75) is 62.6 Å². The fraction of sp³-hybridized carbons (Fsp3) is 0.297. The summed E-state index contributed by atoms with van der Waals surface area (Å²) in [6.07, 6.45) is 3.69. The highest BCUT2D eigenvalue weighted by atomic mass is 32.2. The lowest BCUT2D eigenvalue weighted by molar-refractivity contribution is -0.385. The predicted molar refractivity (Wildman–Crippen MR) is 187 cm³/mol. The van der Waals surface area contributed by atoms with E-state index in [9.17, 15) is 32.5 Å². The Morgan fingerprint density at radius 1 is 0.960 bits per heavy atom. The van der Waals surface area contributed by atoms with Crippen LogP contribution in [0.25, 0.3) is 0 Å². The molecule has 0 unspecified atom stereocenters. The number of ether oxygens (including phenoxy) is 1. The first kappa shape index (κ1) is 36.0. The monoisotopic (exact) mass is 702 g/mol. The van der Waals surface area contributed by atoms with E-state index in [1.807, 2.05) is 30.3 Å². The third-order valence-corrected chi connectivity index (χ3v) is 10.6. The number of nitro groups is 1. The topological polar surface area (TPSA) is 139 Å². The van der Waals surface area contributed by atoms with Crippen LogP contribution in [0.3, 0.4) is 0 Å². The Kier molecular flexibility index (Phi) is 11.5. The Balaban J connectivity index is 1.59. The van der Waals surface area contributed by atoms with Gasteiger partial charge >= 0.3 is 0 Å². The normalized spacial score (nSPS) is 13.7. The molecule has 50 heavy (non-hydrogen) atoms. The minimum atomic E-state index is -4.59. The van der Waals surface area contributed by atoms with Crippen molar-refractivity contribution in [3.63, 3.8) is 0 Å². The average Bonchev–Trinajstić information content (AvgIpc) is 3.63. The van der Waals surface area contributed by atoms with Crippen LogP contribution in [0.15, 0.2) is 102 Å². The van der Waals surface area contributed by atoms with E-state index in [1.165, 1.54) is 79.6 Å². The van der Waals surface area contributed by atoms with Crippen LogP contribution in [-0.4, -0.2) is 55.8 Å². The molecular weight excluding hydrogens is 663 g/mol. The molecule has 4 aromatic carbocycles. The Morgan fingerprint density at radius 2 is 1.62 bits per heavy atom. The van der Waals surface area contributed by atoms with E-state index in [0.29, 0.717) is 11.3 Å². The van der Waals surface area contributed by atoms with E-state index >= 15 is 0 Å². The Bertz CT molecular complexity index is 1920. The molecule has 1 aliphatic rings. The maximum absolute atomic E-state index is 14.6. The summed E-state index contributed by atoms with van der Waals surface area (Å²) < 4.78 is 48.7. The summed E-state index contributed by atoms with van der Waals surface area (Å²) in [5.74, 6) is -1.13. The molecule has 1 aliphatic carbocycles. The quantitative estimate of drug-likeness (QED) is 0.127. The highest BCUT2D eigenvalue weighted by molar-refractivity contribution is 7.92. The number of benzene rings is 4. The van der Waals surface area contributed by atoms with Gasteiger partial charge in [-0.25, -0.2) is 12.8 Å². The maximum Gasteiger partial charge on any atom is 0.273 e. The van der Waals surface area contributed by atoms with Crippen LogP contribution in [-0.2, 0) is 32.6 Å². The number of hydrogen-bond donors (Lipinski definition) is 1. The van der Waals surface area contributed by atoms with Crippen molar-refractivity contribution in [2.75, 3.05) is 18.0 Å². The SMILES string of the molecule is COc1ccc(N(CC(=O)N(Cc2ccc(F)cc2)[C@H](Cc2ccccc2)C(=O)NC2CCCC2)S(=O)(=O)c2ccc(C)c([N+](=O)[O-])c2)cc1. The molecule has 0 aromatic heterocycles. The molecule has 262 valence electrons. The molecule has 1 saturated carbocycles. The van der Waals surface area contributed by atoms with E-state index in [1.54, 1.807) is 0 Å². The predicted octanol–water partition coefficient (Wildman–Crippen LogP) is 5.95. The molecule has 2 amide bonds. The highest BCUT2D eigenvalue weighted by Gasteiger charge is 2.36. The number of nitro benzene ring substituents is 1. The van der Waals surface area contributed by atoms with Crippen LogP contribution in [0.4, 0.5) is 15.8 Å². The lowest BCUT2D eigenvalue weighted by atomic mass is 10.0. The third kappa shape index (κ3) is 8.64. The van der Waals surface area contributed by atoms with Gasteiger partial charge in [-0.1, -0.05) is 61.4 Å². The van der Waals surface area contributed by atoms with Crippen LogP contribution < -0.4 is 14.4 Å². The first-order valence-electron chi connectivity index (χ1n) is 16.3. The largest absolute Gasteiger partial charge is 0.497 e. The van der Waals surface area contributed by atoms with Crippen LogP contribution in [0.5, 0.6) is 5.75 Å². The molecule has 0 bridgehead atoms. The van der Waals surface area contributed by atoms with E-state index in [4.69, 9.17) is 4.74 Å². The van der Waals surface area contributed by atoms with Gasteiger partial charge in [0.1, 0.15) is 24.2 Å². The average molecular weight is 703 g/mol. The number of nitrogens with one attached hydrogen (secondary N) is 1. The number of aryl methyl sites for hydroxylation is 1. The molecule has 4 aromatic rings. The number of rotatable bonds is 14. The van der Waals surface area contributed by atoms with Crippen molar-refractivity contribution in [2.24, 2.45) is 0 Å². The Labute approximate surface area is 290 Å². The number of amides is 2. The van der Waals surface area contributed by atoms with Gasteiger partial charge in [-0.2, -0.15) is 0 Å². The van der Waals surface area contributed by atoms with E-state index in [2.05, 4.69) is 5.32 Å². The first-order chi connectivity index (χ1) is 24.0. The summed E-state index contributed by atoms with van der Waals surface area (Å²) in [5.41, 5.74) is 1.28. The number of sulfonamides is 1. The van der Waals surface area contributed by atoms with Crippen molar-refractivity contribution in [1.29, 1.82) is 0 Å². The molecular formula is C37H39FN4O7S. The summed E-state index contributed by atoms with van der Waals surface area (Å²) in [6.45, 7) is 0.622. The number of nitrogens with zero attached hydrogens (tertiary/aromatic N) is 3. The van der Waals surface area contributed by atoms with Gasteiger partial charge in [0.25, 0.3) is 15.7 Å². The number of halogens is 1. The minimum Gasteiger partial charge on any atom is -0.497 e. The first-order valence-corrected chi connectivity index (χ1v) is 17.7. The Hall–Kier alpha value is -5.30. The fourth-order valence-electron chi connectivity index (χ4n) is 6.06. The zero-order valence-electron chi connectivity index (χ0n) is 27.8. The Morgan fingerprint density at radius 3 is 2.24 bits per heavy atom. The second-order valence-corrected chi connectivity index (χ2v) is 14.1. The van der Waals surface area contributed by atoms with Gasteiger partial charge in [0.15, 0.2) is 0 Å². The maximum atomic E-state index is 14.6. The van der Waals surface area contributed by atoms with Gasteiger partial charge in [0, 0.05) is 30.6 Å². The molecule has 1 N–H and O–H groups in total. The van der Waals surface area contributed by atoms with Gasteiger partial charge in [-0.15, -0.1) is 0 Å². The zero-order chi connectivity index (χ0) is 35.8. The fourth-order valence-corrected chi connectivity index (χ4v) is 7.49. The lowest BCUT2D eigenvalue weighted by Gasteiger charge is -2.34. The van der Waals surface area contributed by atoms with E-state index in [-0.39, 0.29) is 41.1 Å². The summed E-state index contributed by atoms with van der Waals surface area (Å²) >= 11 is 0. The number of carbonyl (C=O) groups is 2. The summed E-state index contributed by atoms with van der Waals surface area (Å²) in [7, 11) is -3.13. The van der Waals surface area contributed by atoms with Gasteiger partial charge in [0.2, 0.25) is 11.8 Å². The van der Waals surface area contributed by atoms with Gasteiger partial charge in [0.05, 0.1) is 22.6 Å². The smallest absolute Gasteiger partial charge is 0.273 e. The summed E-state index contributed by atoms with van der Waals surface area (Å²) in [6, 6.07) is 23.1.